The van der Waals surface area contributed by atoms with Gasteiger partial charge in [0, 0.05) is 6.42 Å². The van der Waals surface area contributed by atoms with Crippen molar-refractivity contribution >= 4 is 5.97 Å². The lowest BCUT2D eigenvalue weighted by molar-refractivity contribution is -0.145. The molecule has 0 saturated carbocycles. The van der Waals surface area contributed by atoms with Crippen molar-refractivity contribution in [2.45, 2.75) is 129 Å². The maximum absolute atomic E-state index is 11.8. The molecule has 0 fully saturated rings. The lowest BCUT2D eigenvalue weighted by Gasteiger charge is -2.09. The fraction of sp³-hybridized carbons (Fsp3) is 0.863. The molecule has 0 N–H and O–H groups in total. The number of ether oxygens (including phenoxy) is 13. The van der Waals surface area contributed by atoms with Gasteiger partial charge in [-0.2, -0.15) is 0 Å². The molecule has 0 aromatic heterocycles. The third kappa shape index (κ3) is 48.3. The number of aryl methyl sites for hydroxylation is 1. The summed E-state index contributed by atoms with van der Waals surface area (Å²) in [7, 11) is 0. The first kappa shape index (κ1) is 61.1. The van der Waals surface area contributed by atoms with Crippen LogP contribution in [-0.4, -0.2) is 165 Å². The Labute approximate surface area is 394 Å². The maximum Gasteiger partial charge on any atom is 0.305 e. The molecule has 1 aromatic rings. The number of benzene rings is 1. The predicted molar refractivity (Wildman–Crippen MR) is 255 cm³/mol. The zero-order valence-electron chi connectivity index (χ0n) is 41.2. The van der Waals surface area contributed by atoms with E-state index in [4.69, 9.17) is 61.6 Å². The Balaban J connectivity index is 1.66. The molecule has 14 nitrogen and oxygen atoms in total. The van der Waals surface area contributed by atoms with Crippen molar-refractivity contribution in [2.75, 3.05) is 159 Å². The Bertz CT molecular complexity index is 1070. The van der Waals surface area contributed by atoms with Gasteiger partial charge in [0.25, 0.3) is 0 Å². The highest BCUT2D eigenvalue weighted by Crippen LogP contribution is 2.16. The number of rotatable bonds is 55. The third-order valence-electron chi connectivity index (χ3n) is 10.2. The molecule has 0 heterocycles. The van der Waals surface area contributed by atoms with Gasteiger partial charge in [0.2, 0.25) is 0 Å². The van der Waals surface area contributed by atoms with Crippen molar-refractivity contribution in [2.24, 2.45) is 0 Å². The van der Waals surface area contributed by atoms with E-state index >= 15 is 0 Å². The molecule has 14 heteroatoms. The third-order valence-corrected chi connectivity index (χ3v) is 10.2. The lowest BCUT2D eigenvalue weighted by atomic mass is 10.0. The van der Waals surface area contributed by atoms with Gasteiger partial charge in [-0.3, -0.25) is 4.79 Å². The molecule has 0 bridgehead atoms. The summed E-state index contributed by atoms with van der Waals surface area (Å²) in [6, 6.07) is 8.45. The smallest absolute Gasteiger partial charge is 0.305 e. The molecule has 0 aliphatic heterocycles. The standard InChI is InChI=1S/C51H94O14/c1-3-5-7-9-11-12-14-16-18-20-51(52)65-48-46-63-44-42-61-40-38-59-36-34-57-32-30-55-28-26-53-25-27-54-29-31-56-33-35-58-37-39-60-41-43-62-45-47-64-50-23-21-49(22-24-50)19-17-15-13-10-8-6-4-2/h21-24H,3-20,25-48H2,1-2H3. The van der Waals surface area contributed by atoms with Gasteiger partial charge in [-0.05, 0) is 37.0 Å². The van der Waals surface area contributed by atoms with Crippen molar-refractivity contribution in [3.05, 3.63) is 29.8 Å². The molecular weight excluding hydrogens is 837 g/mol. The molecule has 0 aliphatic carbocycles. The summed E-state index contributed by atoms with van der Waals surface area (Å²) in [5.74, 6) is 0.747. The first-order chi connectivity index (χ1) is 32.3. The van der Waals surface area contributed by atoms with E-state index in [9.17, 15) is 4.79 Å². The molecule has 1 rings (SSSR count). The fourth-order valence-electron chi connectivity index (χ4n) is 6.42. The fourth-order valence-corrected chi connectivity index (χ4v) is 6.42. The average Bonchev–Trinajstić information content (AvgIpc) is 3.32. The van der Waals surface area contributed by atoms with Crippen LogP contribution < -0.4 is 4.74 Å². The second kappa shape index (κ2) is 53.0. The molecule has 0 aliphatic rings. The first-order valence-electron chi connectivity index (χ1n) is 25.5. The zero-order valence-corrected chi connectivity index (χ0v) is 41.2. The average molecular weight is 931 g/mol. The van der Waals surface area contributed by atoms with Gasteiger partial charge in [-0.1, -0.05) is 116 Å². The van der Waals surface area contributed by atoms with Crippen LogP contribution in [0.15, 0.2) is 24.3 Å². The molecule has 0 spiro atoms. The SMILES string of the molecule is CCCCCCCCCCCC(=O)OCCOCCOCCOCCOCCOCCOCCOCCOCCOCCOCCOCCOc1ccc(CCCCCCCCC)cc1. The van der Waals surface area contributed by atoms with Crippen molar-refractivity contribution in [1.82, 2.24) is 0 Å². The zero-order chi connectivity index (χ0) is 46.5. The van der Waals surface area contributed by atoms with Gasteiger partial charge in [0.05, 0.1) is 145 Å². The molecular formula is C51H94O14. The molecule has 0 atom stereocenters. The summed E-state index contributed by atoms with van der Waals surface area (Å²) in [4.78, 5) is 11.8. The number of carbonyl (C=O) groups excluding carboxylic acids is 1. The normalized spacial score (nSPS) is 11.5. The van der Waals surface area contributed by atoms with Gasteiger partial charge in [0.15, 0.2) is 0 Å². The van der Waals surface area contributed by atoms with Crippen LogP contribution in [0, 0.1) is 0 Å². The van der Waals surface area contributed by atoms with Crippen LogP contribution in [-0.2, 0) is 68.1 Å². The monoisotopic (exact) mass is 931 g/mol. The topological polar surface area (TPSA) is 137 Å². The summed E-state index contributed by atoms with van der Waals surface area (Å²) in [5.41, 5.74) is 1.38. The molecule has 0 unspecified atom stereocenters. The van der Waals surface area contributed by atoms with Crippen LogP contribution in [0.3, 0.4) is 0 Å². The van der Waals surface area contributed by atoms with Gasteiger partial charge >= 0.3 is 5.97 Å². The Kier molecular flexibility index (Phi) is 49.8. The highest BCUT2D eigenvalue weighted by molar-refractivity contribution is 5.69. The van der Waals surface area contributed by atoms with E-state index in [-0.39, 0.29) is 12.6 Å². The van der Waals surface area contributed by atoms with E-state index in [0.717, 1.165) is 25.0 Å². The summed E-state index contributed by atoms with van der Waals surface area (Å²) in [5, 5.41) is 0. The minimum absolute atomic E-state index is 0.137. The van der Waals surface area contributed by atoms with E-state index in [1.54, 1.807) is 0 Å². The van der Waals surface area contributed by atoms with Gasteiger partial charge in [0.1, 0.15) is 19.0 Å². The number of hydrogen-bond acceptors (Lipinski definition) is 14. The van der Waals surface area contributed by atoms with Crippen molar-refractivity contribution in [3.63, 3.8) is 0 Å². The van der Waals surface area contributed by atoms with Gasteiger partial charge in [-0.25, -0.2) is 0 Å². The van der Waals surface area contributed by atoms with E-state index in [0.29, 0.717) is 158 Å². The number of esters is 1. The molecule has 382 valence electrons. The number of carbonyl (C=O) groups is 1. The minimum Gasteiger partial charge on any atom is -0.491 e. The maximum atomic E-state index is 11.8. The quantitative estimate of drug-likeness (QED) is 0.0454. The van der Waals surface area contributed by atoms with Crippen LogP contribution in [0.1, 0.15) is 129 Å². The molecule has 0 radical (unpaired) electrons. The van der Waals surface area contributed by atoms with Crippen molar-refractivity contribution in [1.29, 1.82) is 0 Å². The summed E-state index contributed by atoms with van der Waals surface area (Å²) in [6.45, 7) is 16.2. The molecule has 65 heavy (non-hydrogen) atoms. The van der Waals surface area contributed by atoms with E-state index in [2.05, 4.69) is 38.1 Å². The second-order valence-electron chi connectivity index (χ2n) is 15.9. The van der Waals surface area contributed by atoms with E-state index in [1.165, 1.54) is 95.5 Å². The van der Waals surface area contributed by atoms with Crippen molar-refractivity contribution < 1.29 is 66.4 Å². The van der Waals surface area contributed by atoms with E-state index < -0.39 is 0 Å². The predicted octanol–water partition coefficient (Wildman–Crippen LogP) is 9.01. The van der Waals surface area contributed by atoms with Crippen LogP contribution in [0.4, 0.5) is 0 Å². The van der Waals surface area contributed by atoms with Crippen LogP contribution in [0.25, 0.3) is 0 Å². The Morgan fingerprint density at radius 3 is 0.938 bits per heavy atom. The van der Waals surface area contributed by atoms with Crippen LogP contribution >= 0.6 is 0 Å². The summed E-state index contributed by atoms with van der Waals surface area (Å²) in [6.07, 6.45) is 22.1. The second-order valence-corrected chi connectivity index (χ2v) is 15.9. The minimum atomic E-state index is -0.137. The highest BCUT2D eigenvalue weighted by Gasteiger charge is 2.04. The highest BCUT2D eigenvalue weighted by atomic mass is 16.6. The molecule has 0 amide bonds. The van der Waals surface area contributed by atoms with Crippen molar-refractivity contribution in [3.8, 4) is 5.75 Å². The van der Waals surface area contributed by atoms with E-state index in [1.807, 2.05) is 0 Å². The molecule has 1 aromatic carbocycles. The molecule has 0 saturated heterocycles. The summed E-state index contributed by atoms with van der Waals surface area (Å²) >= 11 is 0. The largest absolute Gasteiger partial charge is 0.491 e. The Hall–Kier alpha value is -1.95. The van der Waals surface area contributed by atoms with Crippen LogP contribution in [0.2, 0.25) is 0 Å². The summed E-state index contributed by atoms with van der Waals surface area (Å²) < 4.78 is 71.8. The number of unbranched alkanes of at least 4 members (excludes halogenated alkanes) is 14. The van der Waals surface area contributed by atoms with Crippen LogP contribution in [0.5, 0.6) is 5.75 Å². The van der Waals surface area contributed by atoms with Gasteiger partial charge in [-0.15, -0.1) is 0 Å². The first-order valence-corrected chi connectivity index (χ1v) is 25.5. The Morgan fingerprint density at radius 2 is 0.600 bits per heavy atom. The number of hydrogen-bond donors (Lipinski definition) is 0. The lowest BCUT2D eigenvalue weighted by Crippen LogP contribution is -2.16. The van der Waals surface area contributed by atoms with Gasteiger partial charge < -0.3 is 61.6 Å². The Morgan fingerprint density at radius 1 is 0.323 bits per heavy atom.